The third-order valence-electron chi connectivity index (χ3n) is 3.77. The second kappa shape index (κ2) is 11.3. The Morgan fingerprint density at radius 3 is 2.57 bits per heavy atom. The monoisotopic (exact) mass is 397 g/mol. The minimum Gasteiger partial charge on any atom is -0.367 e. The summed E-state index contributed by atoms with van der Waals surface area (Å²) in [7, 11) is 0. The predicted octanol–water partition coefficient (Wildman–Crippen LogP) is 3.11. The standard InChI is InChI=1S/C19H26F3N5O/c1-2-24-18(25-8-3-10-27-11-9-23-15-27)26-12-16-4-6-17(7-5-16)13-28-14-19(20,21)22/h4-7,9,11,15H,2-3,8,10,12-14H2,1H3,(H2,24,25,26). The summed E-state index contributed by atoms with van der Waals surface area (Å²) in [6.07, 6.45) is 2.11. The number of aryl methyl sites for hydroxylation is 1. The van der Waals surface area contributed by atoms with Crippen LogP contribution in [-0.4, -0.2) is 41.4 Å². The number of aromatic nitrogens is 2. The fourth-order valence-electron chi connectivity index (χ4n) is 2.43. The van der Waals surface area contributed by atoms with Crippen molar-refractivity contribution in [3.63, 3.8) is 0 Å². The number of alkyl halides is 3. The minimum atomic E-state index is -4.30. The summed E-state index contributed by atoms with van der Waals surface area (Å²) in [5.41, 5.74) is 1.66. The van der Waals surface area contributed by atoms with Crippen LogP contribution in [0.25, 0.3) is 0 Å². The molecule has 0 saturated heterocycles. The fraction of sp³-hybridized carbons (Fsp3) is 0.474. The molecule has 0 unspecified atom stereocenters. The minimum absolute atomic E-state index is 0.0653. The van der Waals surface area contributed by atoms with Gasteiger partial charge in [-0.15, -0.1) is 0 Å². The van der Waals surface area contributed by atoms with Gasteiger partial charge in [0.25, 0.3) is 0 Å². The zero-order valence-corrected chi connectivity index (χ0v) is 15.9. The molecule has 1 aromatic heterocycles. The lowest BCUT2D eigenvalue weighted by Gasteiger charge is -2.11. The Morgan fingerprint density at radius 2 is 1.93 bits per heavy atom. The maximum Gasteiger partial charge on any atom is 0.411 e. The molecular weight excluding hydrogens is 371 g/mol. The van der Waals surface area contributed by atoms with Crippen LogP contribution in [0.15, 0.2) is 48.0 Å². The van der Waals surface area contributed by atoms with Crippen molar-refractivity contribution in [3.05, 3.63) is 54.1 Å². The summed E-state index contributed by atoms with van der Waals surface area (Å²) in [6.45, 7) is 3.58. The molecule has 0 aliphatic carbocycles. The molecule has 0 saturated carbocycles. The largest absolute Gasteiger partial charge is 0.411 e. The summed E-state index contributed by atoms with van der Waals surface area (Å²) in [6, 6.07) is 7.20. The van der Waals surface area contributed by atoms with E-state index in [0.29, 0.717) is 12.1 Å². The van der Waals surface area contributed by atoms with E-state index >= 15 is 0 Å². The highest BCUT2D eigenvalue weighted by Gasteiger charge is 2.27. The Bertz CT molecular complexity index is 699. The summed E-state index contributed by atoms with van der Waals surface area (Å²) in [5.74, 6) is 0.728. The summed E-state index contributed by atoms with van der Waals surface area (Å²) in [5, 5.41) is 6.48. The smallest absolute Gasteiger partial charge is 0.367 e. The highest BCUT2D eigenvalue weighted by Crippen LogP contribution is 2.16. The van der Waals surface area contributed by atoms with Crippen LogP contribution in [0.2, 0.25) is 0 Å². The molecule has 154 valence electrons. The maximum absolute atomic E-state index is 12.1. The average molecular weight is 397 g/mol. The van der Waals surface area contributed by atoms with Gasteiger partial charge in [-0.05, 0) is 24.5 Å². The molecule has 28 heavy (non-hydrogen) atoms. The van der Waals surface area contributed by atoms with Gasteiger partial charge in [0.15, 0.2) is 5.96 Å². The lowest BCUT2D eigenvalue weighted by Crippen LogP contribution is -2.38. The molecule has 2 rings (SSSR count). The number of hydrogen-bond acceptors (Lipinski definition) is 3. The molecule has 0 aliphatic rings. The van der Waals surface area contributed by atoms with Crippen LogP contribution in [-0.2, 0) is 24.4 Å². The van der Waals surface area contributed by atoms with Crippen molar-refractivity contribution in [1.82, 2.24) is 20.2 Å². The molecule has 2 N–H and O–H groups in total. The van der Waals surface area contributed by atoms with E-state index in [0.717, 1.165) is 37.6 Å². The van der Waals surface area contributed by atoms with Gasteiger partial charge in [0.1, 0.15) is 6.61 Å². The van der Waals surface area contributed by atoms with Crippen molar-refractivity contribution in [2.24, 2.45) is 4.99 Å². The second-order valence-corrected chi connectivity index (χ2v) is 6.20. The zero-order valence-electron chi connectivity index (χ0n) is 15.9. The number of imidazole rings is 1. The molecule has 9 heteroatoms. The van der Waals surface area contributed by atoms with E-state index in [-0.39, 0.29) is 6.61 Å². The van der Waals surface area contributed by atoms with Gasteiger partial charge >= 0.3 is 6.18 Å². The predicted molar refractivity (Wildman–Crippen MR) is 102 cm³/mol. The quantitative estimate of drug-likeness (QED) is 0.367. The van der Waals surface area contributed by atoms with Crippen LogP contribution in [0.5, 0.6) is 0 Å². The van der Waals surface area contributed by atoms with Crippen molar-refractivity contribution in [2.45, 2.75) is 39.2 Å². The van der Waals surface area contributed by atoms with Gasteiger partial charge < -0.3 is 19.9 Å². The molecule has 0 atom stereocenters. The molecule has 0 radical (unpaired) electrons. The van der Waals surface area contributed by atoms with Gasteiger partial charge in [0.05, 0.1) is 19.5 Å². The number of hydrogen-bond donors (Lipinski definition) is 2. The molecule has 0 spiro atoms. The fourth-order valence-corrected chi connectivity index (χ4v) is 2.43. The van der Waals surface area contributed by atoms with E-state index in [1.165, 1.54) is 0 Å². The Hall–Kier alpha value is -2.55. The van der Waals surface area contributed by atoms with E-state index < -0.39 is 12.8 Å². The maximum atomic E-state index is 12.1. The van der Waals surface area contributed by atoms with E-state index in [9.17, 15) is 13.2 Å². The zero-order chi connectivity index (χ0) is 20.2. The first-order chi connectivity index (χ1) is 13.5. The third kappa shape index (κ3) is 8.90. The first-order valence-electron chi connectivity index (χ1n) is 9.16. The first-order valence-corrected chi connectivity index (χ1v) is 9.16. The van der Waals surface area contributed by atoms with Gasteiger partial charge in [0, 0.05) is 32.0 Å². The van der Waals surface area contributed by atoms with Crippen LogP contribution in [0.3, 0.4) is 0 Å². The lowest BCUT2D eigenvalue weighted by molar-refractivity contribution is -0.176. The Kier molecular flexibility index (Phi) is 8.80. The summed E-state index contributed by atoms with van der Waals surface area (Å²) in [4.78, 5) is 8.55. The Labute approximate surface area is 162 Å². The number of aliphatic imine (C=N–C) groups is 1. The summed E-state index contributed by atoms with van der Waals surface area (Å²) < 4.78 is 42.9. The molecule has 2 aromatic rings. The Morgan fingerprint density at radius 1 is 1.18 bits per heavy atom. The third-order valence-corrected chi connectivity index (χ3v) is 3.77. The first kappa shape index (κ1) is 21.7. The Balaban J connectivity index is 1.76. The molecule has 6 nitrogen and oxygen atoms in total. The topological polar surface area (TPSA) is 63.5 Å². The van der Waals surface area contributed by atoms with Crippen LogP contribution in [0, 0.1) is 0 Å². The van der Waals surface area contributed by atoms with Gasteiger partial charge in [-0.2, -0.15) is 13.2 Å². The van der Waals surface area contributed by atoms with Crippen LogP contribution in [0.4, 0.5) is 13.2 Å². The number of nitrogens with zero attached hydrogens (tertiary/aromatic N) is 3. The van der Waals surface area contributed by atoms with Crippen molar-refractivity contribution < 1.29 is 17.9 Å². The molecule has 0 aliphatic heterocycles. The van der Waals surface area contributed by atoms with E-state index in [4.69, 9.17) is 0 Å². The molecule has 0 fully saturated rings. The normalized spacial score (nSPS) is 12.2. The molecule has 1 aromatic carbocycles. The average Bonchev–Trinajstić information content (AvgIpc) is 3.16. The number of benzene rings is 1. The van der Waals surface area contributed by atoms with E-state index in [1.54, 1.807) is 24.7 Å². The highest BCUT2D eigenvalue weighted by molar-refractivity contribution is 5.79. The van der Waals surface area contributed by atoms with Crippen molar-refractivity contribution in [3.8, 4) is 0 Å². The SMILES string of the molecule is CCNC(=NCc1ccc(COCC(F)(F)F)cc1)NCCCn1ccnc1. The summed E-state index contributed by atoms with van der Waals surface area (Å²) >= 11 is 0. The van der Waals surface area contributed by atoms with E-state index in [2.05, 4.69) is 25.3 Å². The van der Waals surface area contributed by atoms with Gasteiger partial charge in [-0.3, -0.25) is 0 Å². The van der Waals surface area contributed by atoms with Crippen LogP contribution in [0.1, 0.15) is 24.5 Å². The number of guanidine groups is 1. The van der Waals surface area contributed by atoms with Crippen molar-refractivity contribution in [2.75, 3.05) is 19.7 Å². The van der Waals surface area contributed by atoms with Crippen molar-refractivity contribution in [1.29, 1.82) is 0 Å². The van der Waals surface area contributed by atoms with Crippen LogP contribution < -0.4 is 10.6 Å². The number of nitrogens with one attached hydrogen (secondary N) is 2. The van der Waals surface area contributed by atoms with Crippen LogP contribution >= 0.6 is 0 Å². The number of halogens is 3. The number of ether oxygens (including phenoxy) is 1. The molecule has 1 heterocycles. The molecule has 0 amide bonds. The van der Waals surface area contributed by atoms with Gasteiger partial charge in [-0.1, -0.05) is 24.3 Å². The lowest BCUT2D eigenvalue weighted by atomic mass is 10.1. The van der Waals surface area contributed by atoms with Gasteiger partial charge in [0.2, 0.25) is 0 Å². The van der Waals surface area contributed by atoms with E-state index in [1.807, 2.05) is 29.8 Å². The van der Waals surface area contributed by atoms with Crippen molar-refractivity contribution >= 4 is 5.96 Å². The highest BCUT2D eigenvalue weighted by atomic mass is 19.4. The molecular formula is C19H26F3N5O. The molecule has 0 bridgehead atoms. The van der Waals surface area contributed by atoms with Gasteiger partial charge in [-0.25, -0.2) is 9.98 Å². The number of rotatable bonds is 10. The second-order valence-electron chi connectivity index (χ2n) is 6.20.